The number of rotatable bonds is 2. The zero-order valence-corrected chi connectivity index (χ0v) is 5.05. The minimum absolute atomic E-state index is 0.312. The molecule has 1 fully saturated rings. The van der Waals surface area contributed by atoms with E-state index in [1.165, 1.54) is 0 Å². The third kappa shape index (κ3) is 0.992. The average Bonchev–Trinajstić information content (AvgIpc) is 1.65. The fourth-order valence-corrected chi connectivity index (χ4v) is 0.912. The molecule has 0 spiro atoms. The lowest BCUT2D eigenvalue weighted by molar-refractivity contribution is -0.0162. The van der Waals surface area contributed by atoms with Crippen LogP contribution in [0.1, 0.15) is 12.8 Å². The Labute approximate surface area is 49.2 Å². The van der Waals surface area contributed by atoms with Crippen molar-refractivity contribution >= 4 is 0 Å². The van der Waals surface area contributed by atoms with Gasteiger partial charge in [-0.1, -0.05) is 0 Å². The maximum atomic E-state index is 4.92. The van der Waals surface area contributed by atoms with Crippen molar-refractivity contribution in [2.24, 2.45) is 5.90 Å². The van der Waals surface area contributed by atoms with Crippen LogP contribution in [0.2, 0.25) is 0 Å². The van der Waals surface area contributed by atoms with Crippen molar-refractivity contribution in [3.63, 3.8) is 0 Å². The maximum absolute atomic E-state index is 4.92. The summed E-state index contributed by atoms with van der Waals surface area (Å²) < 4.78 is 0. The lowest BCUT2D eigenvalue weighted by Crippen LogP contribution is -2.44. The van der Waals surface area contributed by atoms with E-state index in [0.29, 0.717) is 12.1 Å². The van der Waals surface area contributed by atoms with E-state index in [4.69, 9.17) is 5.90 Å². The molecule has 0 atom stereocenters. The first-order valence-electron chi connectivity index (χ1n) is 2.89. The first-order valence-corrected chi connectivity index (χ1v) is 2.89. The highest BCUT2D eigenvalue weighted by Gasteiger charge is 2.27. The normalized spacial score (nSPS) is 36.8. The summed E-state index contributed by atoms with van der Waals surface area (Å²) in [7, 11) is 1.96. The van der Waals surface area contributed by atoms with Crippen LogP contribution in [0, 0.1) is 0 Å². The molecule has 3 N–H and O–H groups in total. The zero-order chi connectivity index (χ0) is 5.98. The molecule has 0 saturated heterocycles. The second kappa shape index (κ2) is 2.44. The molecule has 3 heteroatoms. The highest BCUT2D eigenvalue weighted by atomic mass is 16.6. The van der Waals surface area contributed by atoms with Gasteiger partial charge in [0.15, 0.2) is 0 Å². The fraction of sp³-hybridized carbons (Fsp3) is 1.00. The van der Waals surface area contributed by atoms with Crippen molar-refractivity contribution in [2.45, 2.75) is 25.0 Å². The number of nitrogens with two attached hydrogens (primary N) is 1. The van der Waals surface area contributed by atoms with E-state index in [1.807, 2.05) is 7.05 Å². The van der Waals surface area contributed by atoms with Crippen LogP contribution in [0.5, 0.6) is 0 Å². The quantitative estimate of drug-likeness (QED) is 0.484. The summed E-state index contributed by atoms with van der Waals surface area (Å²) in [6.45, 7) is 0. The van der Waals surface area contributed by atoms with E-state index in [-0.39, 0.29) is 0 Å². The van der Waals surface area contributed by atoms with Crippen molar-refractivity contribution in [3.05, 3.63) is 0 Å². The van der Waals surface area contributed by atoms with Crippen LogP contribution in [-0.2, 0) is 4.84 Å². The Morgan fingerprint density at radius 1 is 1.62 bits per heavy atom. The Morgan fingerprint density at radius 2 is 2.25 bits per heavy atom. The molecule has 3 nitrogen and oxygen atoms in total. The standard InChI is InChI=1S/C5H12N2O/c1-7-4-2-5(3-4)8-6/h4-5,7H,2-3,6H2,1H3/t4-,5+. The van der Waals surface area contributed by atoms with Crippen molar-refractivity contribution in [3.8, 4) is 0 Å². The summed E-state index contributed by atoms with van der Waals surface area (Å²) >= 11 is 0. The van der Waals surface area contributed by atoms with Crippen molar-refractivity contribution < 1.29 is 4.84 Å². The highest BCUT2D eigenvalue weighted by Crippen LogP contribution is 2.20. The SMILES string of the molecule is CN[C@H]1C[C@@H](ON)C1. The Kier molecular flexibility index (Phi) is 1.83. The van der Waals surface area contributed by atoms with Crippen LogP contribution in [0.4, 0.5) is 0 Å². The summed E-state index contributed by atoms with van der Waals surface area (Å²) in [5.41, 5.74) is 0. The molecule has 0 heterocycles. The van der Waals surface area contributed by atoms with Crippen molar-refractivity contribution in [1.29, 1.82) is 0 Å². The Hall–Kier alpha value is -0.120. The zero-order valence-electron chi connectivity index (χ0n) is 5.05. The number of hydrogen-bond donors (Lipinski definition) is 2. The molecule has 1 aliphatic carbocycles. The molecule has 0 amide bonds. The second-order valence-electron chi connectivity index (χ2n) is 2.22. The van der Waals surface area contributed by atoms with Gasteiger partial charge in [0.2, 0.25) is 0 Å². The van der Waals surface area contributed by atoms with Crippen molar-refractivity contribution in [2.75, 3.05) is 7.05 Å². The van der Waals surface area contributed by atoms with Gasteiger partial charge >= 0.3 is 0 Å². The Morgan fingerprint density at radius 3 is 2.62 bits per heavy atom. The van der Waals surface area contributed by atoms with Gasteiger partial charge in [-0.2, -0.15) is 0 Å². The number of nitrogens with one attached hydrogen (secondary N) is 1. The van der Waals surface area contributed by atoms with Crippen molar-refractivity contribution in [1.82, 2.24) is 5.32 Å². The van der Waals surface area contributed by atoms with Gasteiger partial charge in [-0.25, -0.2) is 5.90 Å². The predicted octanol–water partition coefficient (Wildman–Crippen LogP) is -0.373. The van der Waals surface area contributed by atoms with Crippen LogP contribution >= 0.6 is 0 Å². The molecular weight excluding hydrogens is 104 g/mol. The molecule has 0 aromatic heterocycles. The molecule has 0 bridgehead atoms. The second-order valence-corrected chi connectivity index (χ2v) is 2.22. The van der Waals surface area contributed by atoms with E-state index < -0.39 is 0 Å². The molecule has 0 aromatic carbocycles. The van der Waals surface area contributed by atoms with Gasteiger partial charge in [0, 0.05) is 6.04 Å². The molecular formula is C5H12N2O. The van der Waals surface area contributed by atoms with E-state index in [2.05, 4.69) is 10.2 Å². The summed E-state index contributed by atoms with van der Waals surface area (Å²) in [6.07, 6.45) is 2.44. The predicted molar refractivity (Wildman–Crippen MR) is 31.1 cm³/mol. The molecule has 1 saturated carbocycles. The maximum Gasteiger partial charge on any atom is 0.0817 e. The van der Waals surface area contributed by atoms with Gasteiger partial charge in [-0.15, -0.1) is 0 Å². The van der Waals surface area contributed by atoms with Crippen LogP contribution in [-0.4, -0.2) is 19.2 Å². The van der Waals surface area contributed by atoms with E-state index in [1.54, 1.807) is 0 Å². The van der Waals surface area contributed by atoms with Gasteiger partial charge in [0.25, 0.3) is 0 Å². The number of hydrogen-bond acceptors (Lipinski definition) is 3. The average molecular weight is 116 g/mol. The summed E-state index contributed by atoms with van der Waals surface area (Å²) in [5, 5.41) is 3.13. The van der Waals surface area contributed by atoms with Crippen LogP contribution in [0.3, 0.4) is 0 Å². The van der Waals surface area contributed by atoms with Crippen LogP contribution < -0.4 is 11.2 Å². The molecule has 0 unspecified atom stereocenters. The third-order valence-corrected chi connectivity index (χ3v) is 1.70. The smallest absolute Gasteiger partial charge is 0.0817 e. The largest absolute Gasteiger partial charge is 0.317 e. The monoisotopic (exact) mass is 116 g/mol. The van der Waals surface area contributed by atoms with Gasteiger partial charge in [0.05, 0.1) is 6.10 Å². The molecule has 1 aliphatic rings. The Bertz CT molecular complexity index is 62.8. The summed E-state index contributed by atoms with van der Waals surface area (Å²) in [4.78, 5) is 4.58. The lowest BCUT2D eigenvalue weighted by atomic mass is 9.90. The van der Waals surface area contributed by atoms with Gasteiger partial charge in [-0.05, 0) is 19.9 Å². The van der Waals surface area contributed by atoms with E-state index >= 15 is 0 Å². The van der Waals surface area contributed by atoms with Gasteiger partial charge in [-0.3, -0.25) is 0 Å². The van der Waals surface area contributed by atoms with E-state index in [0.717, 1.165) is 12.8 Å². The molecule has 1 rings (SSSR count). The minimum atomic E-state index is 0.312. The molecule has 48 valence electrons. The first-order chi connectivity index (χ1) is 3.86. The molecule has 0 aromatic rings. The van der Waals surface area contributed by atoms with Crippen LogP contribution in [0.25, 0.3) is 0 Å². The fourth-order valence-electron chi connectivity index (χ4n) is 0.912. The molecule has 0 aliphatic heterocycles. The molecule has 0 radical (unpaired) electrons. The topological polar surface area (TPSA) is 47.3 Å². The Balaban J connectivity index is 2.03. The minimum Gasteiger partial charge on any atom is -0.317 e. The first kappa shape index (κ1) is 6.01. The lowest BCUT2D eigenvalue weighted by Gasteiger charge is -2.32. The van der Waals surface area contributed by atoms with Gasteiger partial charge in [0.1, 0.15) is 0 Å². The highest BCUT2D eigenvalue weighted by molar-refractivity contribution is 4.83. The molecule has 8 heavy (non-hydrogen) atoms. The van der Waals surface area contributed by atoms with Gasteiger partial charge < -0.3 is 10.2 Å². The third-order valence-electron chi connectivity index (χ3n) is 1.70. The van der Waals surface area contributed by atoms with Crippen LogP contribution in [0.15, 0.2) is 0 Å². The summed E-state index contributed by atoms with van der Waals surface area (Å²) in [6, 6.07) is 0.642. The summed E-state index contributed by atoms with van der Waals surface area (Å²) in [5.74, 6) is 4.92. The van der Waals surface area contributed by atoms with E-state index in [9.17, 15) is 0 Å².